The van der Waals surface area contributed by atoms with E-state index in [9.17, 15) is 19.5 Å². The molecule has 160 valence electrons. The predicted octanol–water partition coefficient (Wildman–Crippen LogP) is 3.22. The maximum Gasteiger partial charge on any atom is 0.414 e. The van der Waals surface area contributed by atoms with Crippen molar-refractivity contribution in [2.45, 2.75) is 52.7 Å². The summed E-state index contributed by atoms with van der Waals surface area (Å²) in [4.78, 5) is 39.7. The fraction of sp³-hybridized carbons (Fsp3) is 0.474. The Morgan fingerprint density at radius 1 is 0.931 bits per heavy atom. The van der Waals surface area contributed by atoms with E-state index >= 15 is 0 Å². The molecule has 0 fully saturated rings. The Kier molecular flexibility index (Phi) is 7.58. The van der Waals surface area contributed by atoms with Gasteiger partial charge in [0.1, 0.15) is 22.6 Å². The highest BCUT2D eigenvalue weighted by Gasteiger charge is 2.21. The van der Waals surface area contributed by atoms with Crippen molar-refractivity contribution in [1.82, 2.24) is 10.6 Å². The zero-order valence-electron chi connectivity index (χ0n) is 17.6. The summed E-state index contributed by atoms with van der Waals surface area (Å²) in [6.07, 6.45) is -1.75. The highest BCUT2D eigenvalue weighted by Crippen LogP contribution is 2.27. The van der Waals surface area contributed by atoms with Gasteiger partial charge in [0.2, 0.25) is 5.96 Å². The van der Waals surface area contributed by atoms with Crippen LogP contribution in [0.2, 0.25) is 0 Å². The third kappa shape index (κ3) is 8.96. The van der Waals surface area contributed by atoms with Crippen LogP contribution < -0.4 is 10.6 Å². The summed E-state index contributed by atoms with van der Waals surface area (Å²) in [6, 6.07) is 3.82. The maximum atomic E-state index is 12.1. The van der Waals surface area contributed by atoms with Crippen molar-refractivity contribution >= 4 is 29.8 Å². The van der Waals surface area contributed by atoms with Gasteiger partial charge >= 0.3 is 18.2 Å². The van der Waals surface area contributed by atoms with E-state index in [-0.39, 0.29) is 23.0 Å². The van der Waals surface area contributed by atoms with Crippen LogP contribution in [0.3, 0.4) is 0 Å². The number of carbonyl (C=O) groups is 3. The van der Waals surface area contributed by atoms with Gasteiger partial charge in [-0.3, -0.25) is 10.6 Å². The Balaban J connectivity index is 3.16. The molecule has 0 radical (unpaired) electrons. The minimum absolute atomic E-state index is 0.0280. The number of aromatic hydroxyl groups is 1. The van der Waals surface area contributed by atoms with Crippen molar-refractivity contribution in [3.63, 3.8) is 0 Å². The monoisotopic (exact) mass is 409 g/mol. The van der Waals surface area contributed by atoms with Crippen LogP contribution in [-0.2, 0) is 14.2 Å². The molecule has 1 rings (SSSR count). The van der Waals surface area contributed by atoms with Crippen LogP contribution >= 0.6 is 0 Å². The second-order valence-corrected chi connectivity index (χ2v) is 7.91. The van der Waals surface area contributed by atoms with Gasteiger partial charge in [-0.1, -0.05) is 0 Å². The van der Waals surface area contributed by atoms with Crippen molar-refractivity contribution in [2.24, 2.45) is 4.99 Å². The van der Waals surface area contributed by atoms with Gasteiger partial charge in [-0.05, 0) is 59.7 Å². The first kappa shape index (κ1) is 23.7. The fourth-order valence-corrected chi connectivity index (χ4v) is 1.87. The number of nitrogens with zero attached hydrogens (tertiary/aromatic N) is 1. The molecule has 0 aliphatic rings. The van der Waals surface area contributed by atoms with Crippen molar-refractivity contribution in [3.8, 4) is 5.75 Å². The van der Waals surface area contributed by atoms with Crippen LogP contribution in [0, 0.1) is 0 Å². The van der Waals surface area contributed by atoms with Crippen molar-refractivity contribution in [3.05, 3.63) is 23.8 Å². The van der Waals surface area contributed by atoms with Gasteiger partial charge in [-0.15, -0.1) is 0 Å². The molecule has 0 heterocycles. The molecule has 3 N–H and O–H groups in total. The number of phenols is 1. The Morgan fingerprint density at radius 2 is 1.41 bits per heavy atom. The van der Waals surface area contributed by atoms with Crippen molar-refractivity contribution < 1.29 is 33.7 Å². The van der Waals surface area contributed by atoms with Gasteiger partial charge in [0, 0.05) is 0 Å². The van der Waals surface area contributed by atoms with Gasteiger partial charge < -0.3 is 19.3 Å². The maximum absolute atomic E-state index is 12.1. The van der Waals surface area contributed by atoms with E-state index in [1.54, 1.807) is 41.5 Å². The molecule has 0 aliphatic carbocycles. The summed E-state index contributed by atoms with van der Waals surface area (Å²) in [7, 11) is 1.21. The number of nitrogens with one attached hydrogen (secondary N) is 2. The highest BCUT2D eigenvalue weighted by atomic mass is 16.6. The molecule has 0 bridgehead atoms. The molecule has 10 nitrogen and oxygen atoms in total. The SMILES string of the molecule is COC(=O)c1ccc(N=C(NC(=O)OC(C)(C)C)NC(=O)OC(C)(C)C)c(O)c1. The molecule has 29 heavy (non-hydrogen) atoms. The number of hydrogen-bond donors (Lipinski definition) is 3. The number of ether oxygens (including phenoxy) is 3. The van der Waals surface area contributed by atoms with E-state index < -0.39 is 29.4 Å². The van der Waals surface area contributed by atoms with Gasteiger partial charge in [-0.25, -0.2) is 19.4 Å². The van der Waals surface area contributed by atoms with E-state index in [4.69, 9.17) is 9.47 Å². The quantitative estimate of drug-likeness (QED) is 0.295. The van der Waals surface area contributed by atoms with Crippen LogP contribution in [0.25, 0.3) is 0 Å². The van der Waals surface area contributed by atoms with Crippen LogP contribution in [-0.4, -0.2) is 47.5 Å². The number of guanidine groups is 1. The zero-order chi connectivity index (χ0) is 22.4. The second-order valence-electron chi connectivity index (χ2n) is 7.91. The first-order chi connectivity index (χ1) is 13.2. The van der Waals surface area contributed by atoms with Crippen LogP contribution in [0.1, 0.15) is 51.9 Å². The number of esters is 1. The molecular formula is C19H27N3O7. The third-order valence-electron chi connectivity index (χ3n) is 2.87. The topological polar surface area (TPSA) is 136 Å². The lowest BCUT2D eigenvalue weighted by Gasteiger charge is -2.22. The average molecular weight is 409 g/mol. The zero-order valence-corrected chi connectivity index (χ0v) is 17.6. The van der Waals surface area contributed by atoms with Gasteiger partial charge in [-0.2, -0.15) is 0 Å². The molecule has 10 heteroatoms. The van der Waals surface area contributed by atoms with E-state index in [1.807, 2.05) is 0 Å². The number of aliphatic imine (C=N–C) groups is 1. The molecule has 1 aromatic carbocycles. The largest absolute Gasteiger partial charge is 0.506 e. The lowest BCUT2D eigenvalue weighted by molar-refractivity contribution is 0.0542. The number of alkyl carbamates (subject to hydrolysis) is 2. The summed E-state index contributed by atoms with van der Waals surface area (Å²) < 4.78 is 14.9. The summed E-state index contributed by atoms with van der Waals surface area (Å²) in [6.45, 7) is 10.0. The number of phenolic OH excluding ortho intramolecular Hbond substituents is 1. The Morgan fingerprint density at radius 3 is 1.79 bits per heavy atom. The smallest absolute Gasteiger partial charge is 0.414 e. The summed E-state index contributed by atoms with van der Waals surface area (Å²) in [5.74, 6) is -1.35. The molecule has 0 saturated heterocycles. The van der Waals surface area contributed by atoms with Gasteiger partial charge in [0.05, 0.1) is 12.7 Å². The van der Waals surface area contributed by atoms with E-state index in [0.717, 1.165) is 6.07 Å². The molecule has 0 saturated carbocycles. The fourth-order valence-electron chi connectivity index (χ4n) is 1.87. The summed E-state index contributed by atoms with van der Waals surface area (Å²) in [5.41, 5.74) is -1.50. The molecule has 2 amide bonds. The lowest BCUT2D eigenvalue weighted by atomic mass is 10.2. The normalized spacial score (nSPS) is 11.1. The van der Waals surface area contributed by atoms with Gasteiger partial charge in [0.25, 0.3) is 0 Å². The van der Waals surface area contributed by atoms with E-state index in [1.165, 1.54) is 19.2 Å². The Bertz CT molecular complexity index is 773. The van der Waals surface area contributed by atoms with Crippen LogP contribution in [0.5, 0.6) is 5.75 Å². The van der Waals surface area contributed by atoms with Gasteiger partial charge in [0.15, 0.2) is 0 Å². The predicted molar refractivity (Wildman–Crippen MR) is 105 cm³/mol. The summed E-state index contributed by atoms with van der Waals surface area (Å²) >= 11 is 0. The van der Waals surface area contributed by atoms with E-state index in [2.05, 4.69) is 20.4 Å². The van der Waals surface area contributed by atoms with Crippen LogP contribution in [0.15, 0.2) is 23.2 Å². The van der Waals surface area contributed by atoms with E-state index in [0.29, 0.717) is 0 Å². The molecule has 0 spiro atoms. The second kappa shape index (κ2) is 9.26. The van der Waals surface area contributed by atoms with Crippen molar-refractivity contribution in [1.29, 1.82) is 0 Å². The van der Waals surface area contributed by atoms with Crippen molar-refractivity contribution in [2.75, 3.05) is 7.11 Å². The number of hydrogen-bond acceptors (Lipinski definition) is 8. The number of carbonyl (C=O) groups excluding carboxylic acids is 3. The Labute approximate surface area is 169 Å². The lowest BCUT2D eigenvalue weighted by Crippen LogP contribution is -2.47. The average Bonchev–Trinajstić information content (AvgIpc) is 2.52. The molecule has 1 aromatic rings. The summed E-state index contributed by atoms with van der Waals surface area (Å²) in [5, 5.41) is 14.7. The third-order valence-corrected chi connectivity index (χ3v) is 2.87. The number of benzene rings is 1. The minimum Gasteiger partial charge on any atom is -0.506 e. The minimum atomic E-state index is -0.877. The first-order valence-corrected chi connectivity index (χ1v) is 8.70. The molecule has 0 atom stereocenters. The number of rotatable bonds is 2. The molecule has 0 aromatic heterocycles. The van der Waals surface area contributed by atoms with Crippen LogP contribution in [0.4, 0.5) is 15.3 Å². The number of methoxy groups -OCH3 is 1. The standard InChI is InChI=1S/C19H27N3O7/c1-18(2,3)28-16(25)21-15(22-17(26)29-19(4,5)6)20-12-9-8-11(10-13(12)23)14(24)27-7/h8-10,23H,1-7H3,(H2,20,21,22,25,26). The number of amides is 2. The molecule has 0 unspecified atom stereocenters. The molecule has 0 aliphatic heterocycles. The Hall–Kier alpha value is -3.30. The molecular weight excluding hydrogens is 382 g/mol. The first-order valence-electron chi connectivity index (χ1n) is 8.70. The highest BCUT2D eigenvalue weighted by molar-refractivity contribution is 6.02.